The van der Waals surface area contributed by atoms with Gasteiger partial charge in [-0.15, -0.1) is 19.7 Å². The Morgan fingerprint density at radius 2 is 1.27 bits per heavy atom. The SMILES string of the molecule is C=CC(=O)O.C=CCN(CC=C)CC=C. The molecule has 0 unspecified atom stereocenters. The van der Waals surface area contributed by atoms with Gasteiger partial charge < -0.3 is 5.11 Å². The highest BCUT2D eigenvalue weighted by Gasteiger charge is 1.94. The van der Waals surface area contributed by atoms with Gasteiger partial charge in [0, 0.05) is 25.7 Å². The van der Waals surface area contributed by atoms with Crippen molar-refractivity contribution in [3.05, 3.63) is 50.6 Å². The largest absolute Gasteiger partial charge is 0.478 e. The van der Waals surface area contributed by atoms with Crippen molar-refractivity contribution < 1.29 is 9.90 Å². The molecule has 15 heavy (non-hydrogen) atoms. The molecule has 0 aromatic rings. The minimum atomic E-state index is -0.981. The highest BCUT2D eigenvalue weighted by molar-refractivity contribution is 5.78. The molecular formula is C12H19NO2. The van der Waals surface area contributed by atoms with Crippen molar-refractivity contribution in [3.8, 4) is 0 Å². The van der Waals surface area contributed by atoms with Gasteiger partial charge in [0.05, 0.1) is 0 Å². The lowest BCUT2D eigenvalue weighted by Crippen LogP contribution is -2.23. The quantitative estimate of drug-likeness (QED) is 0.515. The fourth-order valence-corrected chi connectivity index (χ4v) is 0.771. The smallest absolute Gasteiger partial charge is 0.327 e. The molecule has 0 aromatic heterocycles. The maximum absolute atomic E-state index is 9.25. The van der Waals surface area contributed by atoms with Gasteiger partial charge >= 0.3 is 5.97 Å². The Morgan fingerprint density at radius 3 is 1.40 bits per heavy atom. The van der Waals surface area contributed by atoms with Gasteiger partial charge in [-0.1, -0.05) is 24.8 Å². The molecule has 0 aromatic carbocycles. The fourth-order valence-electron chi connectivity index (χ4n) is 0.771. The summed E-state index contributed by atoms with van der Waals surface area (Å²) in [7, 11) is 0. The Labute approximate surface area is 91.7 Å². The first-order chi connectivity index (χ1) is 7.12. The lowest BCUT2D eigenvalue weighted by atomic mass is 10.4. The Balaban J connectivity index is 0. The zero-order valence-corrected chi connectivity index (χ0v) is 9.06. The summed E-state index contributed by atoms with van der Waals surface area (Å²) in [4.78, 5) is 11.4. The van der Waals surface area contributed by atoms with Gasteiger partial charge in [0.15, 0.2) is 0 Å². The van der Waals surface area contributed by atoms with Crippen LogP contribution in [0.25, 0.3) is 0 Å². The molecule has 3 heteroatoms. The van der Waals surface area contributed by atoms with E-state index in [1.54, 1.807) is 0 Å². The maximum atomic E-state index is 9.25. The third-order valence-electron chi connectivity index (χ3n) is 1.34. The predicted octanol–water partition coefficient (Wildman–Crippen LogP) is 2.10. The van der Waals surface area contributed by atoms with Crippen LogP contribution in [0.4, 0.5) is 0 Å². The van der Waals surface area contributed by atoms with E-state index in [9.17, 15) is 4.79 Å². The van der Waals surface area contributed by atoms with E-state index in [2.05, 4.69) is 31.2 Å². The number of hydrogen-bond acceptors (Lipinski definition) is 2. The molecule has 1 N–H and O–H groups in total. The van der Waals surface area contributed by atoms with Gasteiger partial charge in [-0.2, -0.15) is 0 Å². The zero-order chi connectivity index (χ0) is 12.1. The summed E-state index contributed by atoms with van der Waals surface area (Å²) >= 11 is 0. The van der Waals surface area contributed by atoms with E-state index < -0.39 is 5.97 Å². The van der Waals surface area contributed by atoms with E-state index in [4.69, 9.17) is 5.11 Å². The molecule has 0 rings (SSSR count). The van der Waals surface area contributed by atoms with E-state index in [1.165, 1.54) is 0 Å². The van der Waals surface area contributed by atoms with Crippen molar-refractivity contribution in [1.29, 1.82) is 0 Å². The second kappa shape index (κ2) is 12.4. The van der Waals surface area contributed by atoms with Crippen LogP contribution in [-0.2, 0) is 4.79 Å². The van der Waals surface area contributed by atoms with Crippen LogP contribution in [0.3, 0.4) is 0 Å². The maximum Gasteiger partial charge on any atom is 0.327 e. The molecule has 3 nitrogen and oxygen atoms in total. The monoisotopic (exact) mass is 209 g/mol. The number of rotatable bonds is 7. The van der Waals surface area contributed by atoms with Gasteiger partial charge in [-0.25, -0.2) is 4.79 Å². The van der Waals surface area contributed by atoms with Crippen LogP contribution < -0.4 is 0 Å². The first-order valence-electron chi connectivity index (χ1n) is 4.52. The molecule has 0 saturated heterocycles. The number of carboxylic acid groups (broad SMARTS) is 1. The lowest BCUT2D eigenvalue weighted by molar-refractivity contribution is -0.131. The highest BCUT2D eigenvalue weighted by atomic mass is 16.4. The topological polar surface area (TPSA) is 40.5 Å². The van der Waals surface area contributed by atoms with Gasteiger partial charge in [0.1, 0.15) is 0 Å². The number of nitrogens with zero attached hydrogens (tertiary/aromatic N) is 1. The third-order valence-corrected chi connectivity index (χ3v) is 1.34. The summed E-state index contributed by atoms with van der Waals surface area (Å²) in [6.45, 7) is 16.6. The van der Waals surface area contributed by atoms with Crippen LogP contribution >= 0.6 is 0 Å². The molecule has 0 heterocycles. The van der Waals surface area contributed by atoms with Crippen LogP contribution in [0.15, 0.2) is 50.6 Å². The van der Waals surface area contributed by atoms with E-state index in [0.29, 0.717) is 0 Å². The van der Waals surface area contributed by atoms with E-state index >= 15 is 0 Å². The first-order valence-corrected chi connectivity index (χ1v) is 4.52. The van der Waals surface area contributed by atoms with Gasteiger partial charge in [-0.05, 0) is 0 Å². The number of hydrogen-bond donors (Lipinski definition) is 1. The molecule has 0 spiro atoms. The van der Waals surface area contributed by atoms with Crippen molar-refractivity contribution >= 4 is 5.97 Å². The van der Waals surface area contributed by atoms with Crippen LogP contribution in [-0.4, -0.2) is 35.6 Å². The second-order valence-corrected chi connectivity index (χ2v) is 2.63. The van der Waals surface area contributed by atoms with Crippen LogP contribution in [0.1, 0.15) is 0 Å². The third kappa shape index (κ3) is 15.2. The number of aliphatic carboxylic acids is 1. The summed E-state index contributed by atoms with van der Waals surface area (Å²) < 4.78 is 0. The van der Waals surface area contributed by atoms with Crippen molar-refractivity contribution in [2.75, 3.05) is 19.6 Å². The molecule has 0 aliphatic rings. The van der Waals surface area contributed by atoms with Crippen molar-refractivity contribution in [1.82, 2.24) is 4.90 Å². The standard InChI is InChI=1S/C9H15N.C3H4O2/c1-4-7-10(8-5-2)9-6-3;1-2-3(4)5/h4-6H,1-3,7-9H2;2H,1H2,(H,4,5). The summed E-state index contributed by atoms with van der Waals surface area (Å²) in [6.07, 6.45) is 6.48. The Hall–Kier alpha value is -1.61. The van der Waals surface area contributed by atoms with Crippen LogP contribution in [0, 0.1) is 0 Å². The first kappa shape index (κ1) is 15.8. The predicted molar refractivity (Wildman–Crippen MR) is 64.9 cm³/mol. The van der Waals surface area contributed by atoms with Gasteiger partial charge in [0.2, 0.25) is 0 Å². The number of carboxylic acids is 1. The molecule has 0 radical (unpaired) electrons. The molecule has 0 fully saturated rings. The van der Waals surface area contributed by atoms with Crippen LogP contribution in [0.5, 0.6) is 0 Å². The van der Waals surface area contributed by atoms with E-state index in [1.807, 2.05) is 18.2 Å². The molecule has 0 bridgehead atoms. The van der Waals surface area contributed by atoms with Crippen molar-refractivity contribution in [2.24, 2.45) is 0 Å². The number of carbonyl (C=O) groups is 1. The summed E-state index contributed by atoms with van der Waals surface area (Å²) in [6, 6.07) is 0. The Bertz CT molecular complexity index is 198. The average molecular weight is 209 g/mol. The molecule has 0 amide bonds. The minimum Gasteiger partial charge on any atom is -0.478 e. The average Bonchev–Trinajstić information content (AvgIpc) is 2.20. The van der Waals surface area contributed by atoms with Crippen molar-refractivity contribution in [2.45, 2.75) is 0 Å². The molecule has 0 saturated carbocycles. The fraction of sp³-hybridized carbons (Fsp3) is 0.250. The van der Waals surface area contributed by atoms with Crippen molar-refractivity contribution in [3.63, 3.8) is 0 Å². The summed E-state index contributed by atoms with van der Waals surface area (Å²) in [5.74, 6) is -0.981. The Morgan fingerprint density at radius 1 is 1.00 bits per heavy atom. The normalized spacial score (nSPS) is 8.33. The lowest BCUT2D eigenvalue weighted by Gasteiger charge is -2.15. The molecule has 0 aliphatic heterocycles. The second-order valence-electron chi connectivity index (χ2n) is 2.63. The van der Waals surface area contributed by atoms with Crippen LogP contribution in [0.2, 0.25) is 0 Å². The zero-order valence-electron chi connectivity index (χ0n) is 9.06. The molecular weight excluding hydrogens is 190 g/mol. The van der Waals surface area contributed by atoms with E-state index in [0.717, 1.165) is 25.7 Å². The Kier molecular flexibility index (Phi) is 13.1. The minimum absolute atomic E-state index is 0.833. The summed E-state index contributed by atoms with van der Waals surface area (Å²) in [5, 5.41) is 7.60. The molecule has 0 atom stereocenters. The summed E-state index contributed by atoms with van der Waals surface area (Å²) in [5.41, 5.74) is 0. The van der Waals surface area contributed by atoms with E-state index in [-0.39, 0.29) is 0 Å². The molecule has 0 aliphatic carbocycles. The van der Waals surface area contributed by atoms with Gasteiger partial charge in [-0.3, -0.25) is 4.90 Å². The van der Waals surface area contributed by atoms with Gasteiger partial charge in [0.25, 0.3) is 0 Å². The highest BCUT2D eigenvalue weighted by Crippen LogP contribution is 1.88. The molecule has 84 valence electrons.